The number of amides is 1. The van der Waals surface area contributed by atoms with E-state index in [9.17, 15) is 4.79 Å². The summed E-state index contributed by atoms with van der Waals surface area (Å²) < 4.78 is 12.1. The molecule has 0 bridgehead atoms. The zero-order chi connectivity index (χ0) is 16.2. The zero-order valence-electron chi connectivity index (χ0n) is 12.6. The van der Waals surface area contributed by atoms with Gasteiger partial charge in [-0.25, -0.2) is 0 Å². The smallest absolute Gasteiger partial charge is 0.258 e. The van der Waals surface area contributed by atoms with E-state index in [0.717, 1.165) is 9.97 Å². The number of rotatable bonds is 6. The Hall–Kier alpha value is -2.68. The number of hydrogen-bond donors (Lipinski definition) is 1. The average Bonchev–Trinajstić information content (AvgIpc) is 3.15. The van der Waals surface area contributed by atoms with Gasteiger partial charge < -0.3 is 14.8 Å². The van der Waals surface area contributed by atoms with Crippen molar-refractivity contribution >= 4 is 22.2 Å². The molecule has 8 nitrogen and oxygen atoms in total. The van der Waals surface area contributed by atoms with E-state index in [4.69, 9.17) is 9.47 Å². The second-order valence-electron chi connectivity index (χ2n) is 4.60. The van der Waals surface area contributed by atoms with E-state index in [1.165, 1.54) is 25.6 Å². The maximum Gasteiger partial charge on any atom is 0.258 e. The minimum Gasteiger partial charge on any atom is -0.496 e. The summed E-state index contributed by atoms with van der Waals surface area (Å²) in [7, 11) is 3.04. The zero-order valence-corrected chi connectivity index (χ0v) is 13.5. The van der Waals surface area contributed by atoms with Crippen molar-refractivity contribution < 1.29 is 14.3 Å². The van der Waals surface area contributed by atoms with Crippen molar-refractivity contribution in [3.05, 3.63) is 35.1 Å². The highest BCUT2D eigenvalue weighted by molar-refractivity contribution is 7.16. The van der Waals surface area contributed by atoms with Crippen LogP contribution in [0, 0.1) is 0 Å². The van der Waals surface area contributed by atoms with Gasteiger partial charge >= 0.3 is 0 Å². The first-order valence-corrected chi connectivity index (χ1v) is 7.69. The van der Waals surface area contributed by atoms with E-state index < -0.39 is 0 Å². The third-order valence-electron chi connectivity index (χ3n) is 3.21. The summed E-state index contributed by atoms with van der Waals surface area (Å²) in [5, 5.41) is 15.7. The summed E-state index contributed by atoms with van der Waals surface area (Å²) in [6, 6.07) is 5.22. The molecule has 0 radical (unpaired) electrons. The molecule has 2 heterocycles. The number of carbonyl (C=O) groups excluding carboxylic acids is 1. The largest absolute Gasteiger partial charge is 0.496 e. The molecule has 120 valence electrons. The lowest BCUT2D eigenvalue weighted by Gasteiger charge is -2.12. The van der Waals surface area contributed by atoms with Crippen molar-refractivity contribution in [2.45, 2.75) is 6.42 Å². The van der Waals surface area contributed by atoms with Crippen LogP contribution in [0.3, 0.4) is 0 Å². The molecule has 3 aromatic rings. The fraction of sp³-hybridized carbons (Fsp3) is 0.286. The molecule has 0 saturated carbocycles. The lowest BCUT2D eigenvalue weighted by atomic mass is 10.1. The maximum atomic E-state index is 12.4. The molecule has 1 amide bonds. The summed E-state index contributed by atoms with van der Waals surface area (Å²) in [4.78, 5) is 13.1. The van der Waals surface area contributed by atoms with Gasteiger partial charge in [0, 0.05) is 13.0 Å². The van der Waals surface area contributed by atoms with Gasteiger partial charge in [-0.05, 0) is 12.1 Å². The Balaban J connectivity index is 1.66. The first-order valence-electron chi connectivity index (χ1n) is 6.88. The van der Waals surface area contributed by atoms with Crippen LogP contribution in [0.1, 0.15) is 15.4 Å². The molecular weight excluding hydrogens is 318 g/mol. The van der Waals surface area contributed by atoms with Gasteiger partial charge in [0.05, 0.1) is 14.2 Å². The Labute approximate surface area is 136 Å². The normalized spacial score (nSPS) is 10.7. The molecule has 0 aliphatic heterocycles. The van der Waals surface area contributed by atoms with Crippen LogP contribution in [0.25, 0.3) is 4.96 Å². The quantitative estimate of drug-likeness (QED) is 0.728. The van der Waals surface area contributed by atoms with Gasteiger partial charge in [0.15, 0.2) is 0 Å². The molecule has 9 heteroatoms. The molecule has 1 aromatic carbocycles. The number of ether oxygens (including phenoxy) is 2. The molecule has 0 aliphatic carbocycles. The maximum absolute atomic E-state index is 12.4. The summed E-state index contributed by atoms with van der Waals surface area (Å²) in [6.45, 7) is 0.449. The molecule has 0 saturated heterocycles. The van der Waals surface area contributed by atoms with Gasteiger partial charge in [-0.15, -0.1) is 10.2 Å². The van der Waals surface area contributed by atoms with Crippen molar-refractivity contribution in [3.8, 4) is 11.5 Å². The molecule has 2 aromatic heterocycles. The van der Waals surface area contributed by atoms with Gasteiger partial charge in [0.25, 0.3) is 5.91 Å². The number of nitrogens with zero attached hydrogens (tertiary/aromatic N) is 4. The Morgan fingerprint density at radius 3 is 2.70 bits per heavy atom. The van der Waals surface area contributed by atoms with Crippen LogP contribution < -0.4 is 14.8 Å². The van der Waals surface area contributed by atoms with Gasteiger partial charge in [-0.3, -0.25) is 4.79 Å². The highest BCUT2D eigenvalue weighted by Gasteiger charge is 2.17. The minimum absolute atomic E-state index is 0.248. The third-order valence-corrected chi connectivity index (χ3v) is 4.18. The second kappa shape index (κ2) is 6.61. The number of hydrogen-bond acceptors (Lipinski definition) is 7. The van der Waals surface area contributed by atoms with Crippen molar-refractivity contribution in [3.63, 3.8) is 0 Å². The Kier molecular flexibility index (Phi) is 4.38. The van der Waals surface area contributed by atoms with Gasteiger partial charge in [-0.2, -0.15) is 9.61 Å². The predicted molar refractivity (Wildman–Crippen MR) is 84.2 cm³/mol. The van der Waals surface area contributed by atoms with Gasteiger partial charge in [-0.1, -0.05) is 17.4 Å². The Morgan fingerprint density at radius 1 is 1.30 bits per heavy atom. The van der Waals surface area contributed by atoms with Crippen LogP contribution in [0.15, 0.2) is 24.5 Å². The van der Waals surface area contributed by atoms with Gasteiger partial charge in [0.1, 0.15) is 28.4 Å². The fourth-order valence-corrected chi connectivity index (χ4v) is 2.96. The second-order valence-corrected chi connectivity index (χ2v) is 5.64. The third kappa shape index (κ3) is 3.09. The highest BCUT2D eigenvalue weighted by Crippen LogP contribution is 2.27. The fourth-order valence-electron chi connectivity index (χ4n) is 2.15. The van der Waals surface area contributed by atoms with Crippen LogP contribution in [0.2, 0.25) is 0 Å². The van der Waals surface area contributed by atoms with Crippen molar-refractivity contribution in [1.29, 1.82) is 0 Å². The lowest BCUT2D eigenvalue weighted by Crippen LogP contribution is -2.26. The number of benzene rings is 1. The van der Waals surface area contributed by atoms with E-state index in [1.54, 1.807) is 29.0 Å². The summed E-state index contributed by atoms with van der Waals surface area (Å²) in [6.07, 6.45) is 2.16. The number of nitrogens with one attached hydrogen (secondary N) is 1. The molecule has 23 heavy (non-hydrogen) atoms. The molecule has 0 fully saturated rings. The Bertz CT molecular complexity index is 778. The van der Waals surface area contributed by atoms with E-state index in [2.05, 4.69) is 20.6 Å². The molecule has 0 unspecified atom stereocenters. The van der Waals surface area contributed by atoms with Crippen LogP contribution in [0.4, 0.5) is 0 Å². The number of fused-ring (bicyclic) bond motifs is 1. The summed E-state index contributed by atoms with van der Waals surface area (Å²) >= 11 is 1.44. The first kappa shape index (κ1) is 15.2. The van der Waals surface area contributed by atoms with E-state index in [-0.39, 0.29) is 5.91 Å². The Morgan fingerprint density at radius 2 is 2.04 bits per heavy atom. The van der Waals surface area contributed by atoms with Crippen molar-refractivity contribution in [2.75, 3.05) is 20.8 Å². The molecular formula is C14H15N5O3S. The molecule has 0 spiro atoms. The SMILES string of the molecule is COc1cccc(OC)c1C(=O)NCCc1nn2cnnc2s1. The molecule has 0 aliphatic rings. The standard InChI is InChI=1S/C14H15N5O3S/c1-21-9-4-3-5-10(22-2)12(9)13(20)15-7-6-11-18-19-8-16-17-14(19)23-11/h3-5,8H,6-7H2,1-2H3,(H,15,20). The molecule has 3 rings (SSSR count). The summed E-state index contributed by atoms with van der Waals surface area (Å²) in [5.74, 6) is 0.698. The minimum atomic E-state index is -0.248. The highest BCUT2D eigenvalue weighted by atomic mass is 32.1. The monoisotopic (exact) mass is 333 g/mol. The van der Waals surface area contributed by atoms with Crippen LogP contribution in [-0.2, 0) is 6.42 Å². The van der Waals surface area contributed by atoms with E-state index >= 15 is 0 Å². The van der Waals surface area contributed by atoms with E-state index in [1.807, 2.05) is 0 Å². The lowest BCUT2D eigenvalue weighted by molar-refractivity contribution is 0.0948. The van der Waals surface area contributed by atoms with E-state index in [0.29, 0.717) is 30.0 Å². The van der Waals surface area contributed by atoms with Gasteiger partial charge in [0.2, 0.25) is 4.96 Å². The van der Waals surface area contributed by atoms with Crippen LogP contribution in [0.5, 0.6) is 11.5 Å². The van der Waals surface area contributed by atoms with Crippen LogP contribution >= 0.6 is 11.3 Å². The number of methoxy groups -OCH3 is 2. The van der Waals surface area contributed by atoms with Crippen molar-refractivity contribution in [1.82, 2.24) is 25.1 Å². The number of aromatic nitrogens is 4. The topological polar surface area (TPSA) is 90.6 Å². The average molecular weight is 333 g/mol. The number of carbonyl (C=O) groups is 1. The molecule has 1 N–H and O–H groups in total. The predicted octanol–water partition coefficient (Wildman–Crippen LogP) is 1.18. The molecule has 0 atom stereocenters. The summed E-state index contributed by atoms with van der Waals surface area (Å²) in [5.41, 5.74) is 0.385. The van der Waals surface area contributed by atoms with Crippen molar-refractivity contribution in [2.24, 2.45) is 0 Å². The first-order chi connectivity index (χ1) is 11.2. The van der Waals surface area contributed by atoms with Crippen LogP contribution in [-0.4, -0.2) is 46.5 Å².